The summed E-state index contributed by atoms with van der Waals surface area (Å²) in [6.07, 6.45) is -1.07. The standard InChI is InChI=1S/C21H33F5OP.ClH/c1-17(2)13-28(14-18(3)4,15-19-9-6-5-7-10-19)12-8-11-27-16-20(22,23)21(24,25)26;/h5-7,9-10,17-18H,8,11-16H2,1-4H3;1H/q+1;/p-1. The Hall–Kier alpha value is -0.450. The quantitative estimate of drug-likeness (QED) is 0.258. The fourth-order valence-corrected chi connectivity index (χ4v) is 9.58. The maximum atomic E-state index is 13.0. The molecule has 0 fully saturated rings. The van der Waals surface area contributed by atoms with Crippen LogP contribution in [0, 0.1) is 11.8 Å². The monoisotopic (exact) mass is 462 g/mol. The molecule has 0 heterocycles. The van der Waals surface area contributed by atoms with Crippen molar-refractivity contribution in [1.29, 1.82) is 0 Å². The lowest BCUT2D eigenvalue weighted by Crippen LogP contribution is -3.00. The van der Waals surface area contributed by atoms with Crippen molar-refractivity contribution in [3.63, 3.8) is 0 Å². The summed E-state index contributed by atoms with van der Waals surface area (Å²) in [5, 5.41) is 0. The van der Waals surface area contributed by atoms with Gasteiger partial charge in [0.2, 0.25) is 0 Å². The Morgan fingerprint density at radius 3 is 1.86 bits per heavy atom. The molecular formula is C21H33ClF5OP. The lowest BCUT2D eigenvalue weighted by Gasteiger charge is -2.31. The van der Waals surface area contributed by atoms with Crippen molar-refractivity contribution in [3.8, 4) is 0 Å². The van der Waals surface area contributed by atoms with Crippen LogP contribution >= 0.6 is 7.26 Å². The van der Waals surface area contributed by atoms with Gasteiger partial charge in [0.05, 0.1) is 31.3 Å². The van der Waals surface area contributed by atoms with Gasteiger partial charge in [-0.15, -0.1) is 0 Å². The summed E-state index contributed by atoms with van der Waals surface area (Å²) in [4.78, 5) is 0. The molecule has 0 aliphatic heterocycles. The minimum absolute atomic E-state index is 0. The fraction of sp³-hybridized carbons (Fsp3) is 0.714. The largest absolute Gasteiger partial charge is 1.00 e. The molecule has 8 heteroatoms. The van der Waals surface area contributed by atoms with Gasteiger partial charge in [0, 0.05) is 13.7 Å². The van der Waals surface area contributed by atoms with Crippen LogP contribution in [0.3, 0.4) is 0 Å². The van der Waals surface area contributed by atoms with Crippen LogP contribution in [0.25, 0.3) is 0 Å². The molecule has 0 amide bonds. The van der Waals surface area contributed by atoms with Gasteiger partial charge in [0.1, 0.15) is 6.61 Å². The maximum Gasteiger partial charge on any atom is 0.455 e. The third kappa shape index (κ3) is 10.4. The SMILES string of the molecule is CC(C)C[P+](CCCOCC(F)(F)C(F)(F)F)(Cc1ccccc1)CC(C)C.[Cl-]. The first kappa shape index (κ1) is 28.5. The van der Waals surface area contributed by atoms with Crippen LogP contribution in [0.15, 0.2) is 30.3 Å². The normalized spacial score (nSPS) is 13.1. The molecule has 0 bridgehead atoms. The molecule has 0 atom stereocenters. The maximum absolute atomic E-state index is 13.0. The molecule has 0 unspecified atom stereocenters. The van der Waals surface area contributed by atoms with E-state index >= 15 is 0 Å². The summed E-state index contributed by atoms with van der Waals surface area (Å²) < 4.78 is 67.4. The summed E-state index contributed by atoms with van der Waals surface area (Å²) in [6.45, 7) is 7.05. The Morgan fingerprint density at radius 2 is 1.41 bits per heavy atom. The molecular weight excluding hydrogens is 430 g/mol. The number of benzene rings is 1. The zero-order chi connectivity index (χ0) is 21.4. The van der Waals surface area contributed by atoms with E-state index in [1.807, 2.05) is 18.2 Å². The molecule has 0 saturated heterocycles. The van der Waals surface area contributed by atoms with Crippen molar-refractivity contribution in [3.05, 3.63) is 35.9 Å². The van der Waals surface area contributed by atoms with Gasteiger partial charge < -0.3 is 17.1 Å². The van der Waals surface area contributed by atoms with E-state index in [-0.39, 0.29) is 19.0 Å². The number of ether oxygens (including phenoxy) is 1. The smallest absolute Gasteiger partial charge is 0.455 e. The van der Waals surface area contributed by atoms with Crippen LogP contribution in [0.4, 0.5) is 22.0 Å². The number of rotatable bonds is 12. The summed E-state index contributed by atoms with van der Waals surface area (Å²) in [6, 6.07) is 10.2. The first-order valence-corrected chi connectivity index (χ1v) is 12.3. The van der Waals surface area contributed by atoms with Crippen LogP contribution in [0.5, 0.6) is 0 Å². The Balaban J connectivity index is 0.00000784. The van der Waals surface area contributed by atoms with E-state index in [9.17, 15) is 22.0 Å². The molecule has 0 N–H and O–H groups in total. The molecule has 0 aromatic heterocycles. The van der Waals surface area contributed by atoms with E-state index in [1.165, 1.54) is 5.56 Å². The second kappa shape index (κ2) is 12.4. The molecule has 0 saturated carbocycles. The fourth-order valence-electron chi connectivity index (χ4n) is 3.77. The van der Waals surface area contributed by atoms with Crippen molar-refractivity contribution in [2.75, 3.05) is 31.7 Å². The third-order valence-electron chi connectivity index (χ3n) is 4.48. The van der Waals surface area contributed by atoms with Gasteiger partial charge in [-0.3, -0.25) is 0 Å². The lowest BCUT2D eigenvalue weighted by molar-refractivity contribution is -0.296. The highest BCUT2D eigenvalue weighted by Crippen LogP contribution is 2.64. The average molecular weight is 463 g/mol. The summed E-state index contributed by atoms with van der Waals surface area (Å²) in [5.41, 5.74) is 1.27. The molecule has 1 rings (SSSR count). The van der Waals surface area contributed by atoms with Crippen molar-refractivity contribution < 1.29 is 39.1 Å². The van der Waals surface area contributed by atoms with E-state index in [2.05, 4.69) is 39.8 Å². The predicted molar refractivity (Wildman–Crippen MR) is 108 cm³/mol. The van der Waals surface area contributed by atoms with Crippen LogP contribution in [-0.2, 0) is 10.9 Å². The highest BCUT2D eigenvalue weighted by atomic mass is 35.5. The second-order valence-corrected chi connectivity index (χ2v) is 12.6. The van der Waals surface area contributed by atoms with E-state index in [0.717, 1.165) is 24.6 Å². The molecule has 0 aliphatic carbocycles. The van der Waals surface area contributed by atoms with Crippen LogP contribution < -0.4 is 12.4 Å². The third-order valence-corrected chi connectivity index (χ3v) is 9.80. The topological polar surface area (TPSA) is 9.23 Å². The summed E-state index contributed by atoms with van der Waals surface area (Å²) in [5.74, 6) is -3.78. The first-order chi connectivity index (χ1) is 12.9. The van der Waals surface area contributed by atoms with Crippen molar-refractivity contribution in [2.45, 2.75) is 52.4 Å². The molecule has 29 heavy (non-hydrogen) atoms. The van der Waals surface area contributed by atoms with Gasteiger partial charge in [0.25, 0.3) is 0 Å². The average Bonchev–Trinajstić information content (AvgIpc) is 2.52. The van der Waals surface area contributed by atoms with Crippen molar-refractivity contribution in [1.82, 2.24) is 0 Å². The van der Waals surface area contributed by atoms with Gasteiger partial charge in [-0.2, -0.15) is 22.0 Å². The highest BCUT2D eigenvalue weighted by Gasteiger charge is 2.57. The Bertz CT molecular complexity index is 554. The van der Waals surface area contributed by atoms with E-state index < -0.39 is 26.0 Å². The number of halogens is 6. The van der Waals surface area contributed by atoms with E-state index in [1.54, 1.807) is 0 Å². The Labute approximate surface area is 178 Å². The van der Waals surface area contributed by atoms with Crippen LogP contribution in [0.2, 0.25) is 0 Å². The van der Waals surface area contributed by atoms with E-state index in [0.29, 0.717) is 18.3 Å². The van der Waals surface area contributed by atoms with Gasteiger partial charge in [0.15, 0.2) is 0 Å². The Kier molecular flexibility index (Phi) is 12.2. The Morgan fingerprint density at radius 1 is 0.897 bits per heavy atom. The minimum atomic E-state index is -5.56. The van der Waals surface area contributed by atoms with Crippen molar-refractivity contribution in [2.24, 2.45) is 11.8 Å². The van der Waals surface area contributed by atoms with Crippen LogP contribution in [0.1, 0.15) is 39.7 Å². The second-order valence-electron chi connectivity index (χ2n) is 8.47. The first-order valence-electron chi connectivity index (χ1n) is 9.78. The molecule has 170 valence electrons. The van der Waals surface area contributed by atoms with E-state index in [4.69, 9.17) is 4.74 Å². The van der Waals surface area contributed by atoms with Gasteiger partial charge >= 0.3 is 12.1 Å². The molecule has 1 nitrogen and oxygen atoms in total. The molecule has 0 aliphatic rings. The zero-order valence-electron chi connectivity index (χ0n) is 17.6. The zero-order valence-corrected chi connectivity index (χ0v) is 19.3. The lowest BCUT2D eigenvalue weighted by atomic mass is 10.2. The summed E-state index contributed by atoms with van der Waals surface area (Å²) in [7, 11) is -1.43. The van der Waals surface area contributed by atoms with Gasteiger partial charge in [-0.25, -0.2) is 0 Å². The number of hydrogen-bond acceptors (Lipinski definition) is 1. The van der Waals surface area contributed by atoms with Crippen LogP contribution in [-0.4, -0.2) is 43.8 Å². The number of alkyl halides is 5. The number of hydrogen-bond donors (Lipinski definition) is 0. The van der Waals surface area contributed by atoms with Crippen molar-refractivity contribution >= 4 is 7.26 Å². The molecule has 0 spiro atoms. The van der Waals surface area contributed by atoms with Gasteiger partial charge in [-0.1, -0.05) is 58.0 Å². The predicted octanol–water partition coefficient (Wildman–Crippen LogP) is 4.12. The van der Waals surface area contributed by atoms with Gasteiger partial charge in [-0.05, 0) is 17.4 Å². The minimum Gasteiger partial charge on any atom is -1.00 e. The highest BCUT2D eigenvalue weighted by molar-refractivity contribution is 7.75. The summed E-state index contributed by atoms with van der Waals surface area (Å²) >= 11 is 0. The molecule has 0 radical (unpaired) electrons. The molecule has 1 aromatic rings. The molecule has 1 aromatic carbocycles.